The molecule has 29 heavy (non-hydrogen) atoms. The Morgan fingerprint density at radius 2 is 2.00 bits per heavy atom. The number of hydrogen-bond acceptors (Lipinski definition) is 4. The average Bonchev–Trinajstić information content (AvgIpc) is 3.19. The summed E-state index contributed by atoms with van der Waals surface area (Å²) >= 11 is 0. The maximum atomic E-state index is 13.1. The second-order valence-electron chi connectivity index (χ2n) is 6.96. The highest BCUT2D eigenvalue weighted by Crippen LogP contribution is 2.24. The number of amides is 1. The van der Waals surface area contributed by atoms with E-state index in [-0.39, 0.29) is 11.7 Å². The molecule has 0 aliphatic heterocycles. The van der Waals surface area contributed by atoms with Crippen LogP contribution in [-0.2, 0) is 11.2 Å². The molecule has 1 aromatic heterocycles. The number of aryl methyl sites for hydroxylation is 2. The van der Waals surface area contributed by atoms with Crippen molar-refractivity contribution in [1.82, 2.24) is 10.5 Å². The minimum atomic E-state index is -0.305. The summed E-state index contributed by atoms with van der Waals surface area (Å²) in [5.41, 5.74) is 3.96. The maximum absolute atomic E-state index is 13.1. The van der Waals surface area contributed by atoms with Crippen LogP contribution in [0.1, 0.15) is 24.5 Å². The summed E-state index contributed by atoms with van der Waals surface area (Å²) < 4.78 is 18.4. The second-order valence-corrected chi connectivity index (χ2v) is 6.96. The van der Waals surface area contributed by atoms with Gasteiger partial charge in [-0.1, -0.05) is 17.3 Å². The van der Waals surface area contributed by atoms with Crippen LogP contribution in [0.3, 0.4) is 0 Å². The van der Waals surface area contributed by atoms with Crippen molar-refractivity contribution in [2.45, 2.75) is 26.7 Å². The monoisotopic (exact) mass is 395 g/mol. The fourth-order valence-electron chi connectivity index (χ4n) is 3.24. The van der Waals surface area contributed by atoms with Gasteiger partial charge in [0.25, 0.3) is 0 Å². The summed E-state index contributed by atoms with van der Waals surface area (Å²) in [5.74, 6) is 0.256. The quantitative estimate of drug-likeness (QED) is 0.585. The average molecular weight is 395 g/mol. The van der Waals surface area contributed by atoms with Crippen LogP contribution in [0.5, 0.6) is 0 Å². The largest absolute Gasteiger partial charge is 0.370 e. The molecule has 0 atom stereocenters. The highest BCUT2D eigenvalue weighted by Gasteiger charge is 2.13. The van der Waals surface area contributed by atoms with E-state index in [4.69, 9.17) is 4.52 Å². The van der Waals surface area contributed by atoms with Crippen molar-refractivity contribution < 1.29 is 13.7 Å². The summed E-state index contributed by atoms with van der Waals surface area (Å²) in [6, 6.07) is 14.4. The maximum Gasteiger partial charge on any atom is 0.220 e. The van der Waals surface area contributed by atoms with Gasteiger partial charge in [-0.05, 0) is 62.2 Å². The van der Waals surface area contributed by atoms with E-state index in [9.17, 15) is 9.18 Å². The molecule has 0 saturated heterocycles. The minimum absolute atomic E-state index is 0.0171. The lowest BCUT2D eigenvalue weighted by Crippen LogP contribution is -2.35. The zero-order chi connectivity index (χ0) is 20.6. The Bertz CT molecular complexity index is 937. The minimum Gasteiger partial charge on any atom is -0.370 e. The van der Waals surface area contributed by atoms with E-state index < -0.39 is 0 Å². The Hall–Kier alpha value is -3.15. The lowest BCUT2D eigenvalue weighted by atomic mass is 10.1. The lowest BCUT2D eigenvalue weighted by molar-refractivity contribution is -0.120. The van der Waals surface area contributed by atoms with E-state index in [1.165, 1.54) is 17.7 Å². The van der Waals surface area contributed by atoms with Crippen LogP contribution in [0.15, 0.2) is 59.3 Å². The van der Waals surface area contributed by atoms with E-state index in [2.05, 4.69) is 47.4 Å². The molecule has 6 heteroatoms. The molecule has 3 rings (SSSR count). The Balaban J connectivity index is 1.48. The fourth-order valence-corrected chi connectivity index (χ4v) is 3.24. The molecule has 0 spiro atoms. The van der Waals surface area contributed by atoms with Gasteiger partial charge in [-0.3, -0.25) is 4.79 Å². The van der Waals surface area contributed by atoms with E-state index in [0.717, 1.165) is 29.9 Å². The molecule has 0 bridgehead atoms. The van der Waals surface area contributed by atoms with Crippen molar-refractivity contribution >= 4 is 11.6 Å². The van der Waals surface area contributed by atoms with Crippen LogP contribution in [0.25, 0.3) is 11.3 Å². The standard InChI is InChI=1S/C23H26FN3O2/c1-3-27(21-6-4-5-17(2)15-21)14-13-25-22(28)12-9-19-16-26-29-23(19)18-7-10-20(24)11-8-18/h4-8,10-11,15-16H,3,9,12-14H2,1-2H3,(H,25,28). The number of halogens is 1. The third kappa shape index (κ3) is 5.67. The molecule has 0 aliphatic rings. The van der Waals surface area contributed by atoms with Gasteiger partial charge < -0.3 is 14.7 Å². The van der Waals surface area contributed by atoms with Gasteiger partial charge in [0, 0.05) is 42.9 Å². The van der Waals surface area contributed by atoms with Gasteiger partial charge in [-0.15, -0.1) is 0 Å². The molecule has 1 amide bonds. The Morgan fingerprint density at radius 1 is 1.21 bits per heavy atom. The SMILES string of the molecule is CCN(CCNC(=O)CCc1cnoc1-c1ccc(F)cc1)c1cccc(C)c1. The third-order valence-electron chi connectivity index (χ3n) is 4.82. The van der Waals surface area contributed by atoms with Gasteiger partial charge in [0.15, 0.2) is 5.76 Å². The first-order valence-electron chi connectivity index (χ1n) is 9.84. The van der Waals surface area contributed by atoms with Crippen LogP contribution in [-0.4, -0.2) is 30.7 Å². The van der Waals surface area contributed by atoms with Gasteiger partial charge in [-0.25, -0.2) is 4.39 Å². The summed E-state index contributed by atoms with van der Waals surface area (Å²) in [6.07, 6.45) is 2.46. The number of anilines is 1. The van der Waals surface area contributed by atoms with Gasteiger partial charge in [0.2, 0.25) is 5.91 Å². The summed E-state index contributed by atoms with van der Waals surface area (Å²) in [5, 5.41) is 6.81. The Labute approximate surface area is 170 Å². The van der Waals surface area contributed by atoms with Crippen LogP contribution in [0.2, 0.25) is 0 Å². The zero-order valence-corrected chi connectivity index (χ0v) is 16.8. The molecule has 3 aromatic rings. The number of nitrogens with one attached hydrogen (secondary N) is 1. The molecule has 152 valence electrons. The first-order chi connectivity index (χ1) is 14.1. The van der Waals surface area contributed by atoms with Crippen molar-refractivity contribution in [3.05, 3.63) is 71.7 Å². The van der Waals surface area contributed by atoms with E-state index in [0.29, 0.717) is 25.1 Å². The Morgan fingerprint density at radius 3 is 2.72 bits per heavy atom. The topological polar surface area (TPSA) is 58.4 Å². The number of benzene rings is 2. The molecule has 0 fully saturated rings. The lowest BCUT2D eigenvalue weighted by Gasteiger charge is -2.23. The molecule has 0 saturated carbocycles. The van der Waals surface area contributed by atoms with E-state index >= 15 is 0 Å². The number of aromatic nitrogens is 1. The van der Waals surface area contributed by atoms with Gasteiger partial charge in [-0.2, -0.15) is 0 Å². The second kappa shape index (κ2) is 9.87. The molecular formula is C23H26FN3O2. The number of likely N-dealkylation sites (N-methyl/N-ethyl adjacent to an activating group) is 1. The smallest absolute Gasteiger partial charge is 0.220 e. The number of carbonyl (C=O) groups is 1. The summed E-state index contributed by atoms with van der Waals surface area (Å²) in [7, 11) is 0. The predicted molar refractivity (Wildman–Crippen MR) is 112 cm³/mol. The molecule has 1 N–H and O–H groups in total. The number of hydrogen-bond donors (Lipinski definition) is 1. The molecule has 0 unspecified atom stereocenters. The highest BCUT2D eigenvalue weighted by atomic mass is 19.1. The molecule has 5 nitrogen and oxygen atoms in total. The van der Waals surface area contributed by atoms with Crippen LogP contribution < -0.4 is 10.2 Å². The normalized spacial score (nSPS) is 10.7. The number of carbonyl (C=O) groups excluding carboxylic acids is 1. The van der Waals surface area contributed by atoms with E-state index in [1.807, 2.05) is 6.07 Å². The molecule has 0 radical (unpaired) electrons. The summed E-state index contributed by atoms with van der Waals surface area (Å²) in [4.78, 5) is 14.5. The van der Waals surface area contributed by atoms with Crippen LogP contribution in [0.4, 0.5) is 10.1 Å². The first-order valence-corrected chi connectivity index (χ1v) is 9.84. The predicted octanol–water partition coefficient (Wildman–Crippen LogP) is 4.36. The Kier molecular flexibility index (Phi) is 7.00. The fraction of sp³-hybridized carbons (Fsp3) is 0.304. The van der Waals surface area contributed by atoms with Gasteiger partial charge in [0.05, 0.1) is 6.20 Å². The number of rotatable bonds is 9. The van der Waals surface area contributed by atoms with Crippen molar-refractivity contribution in [1.29, 1.82) is 0 Å². The van der Waals surface area contributed by atoms with E-state index in [1.54, 1.807) is 18.3 Å². The molecule has 1 heterocycles. The van der Waals surface area contributed by atoms with Gasteiger partial charge >= 0.3 is 0 Å². The highest BCUT2D eigenvalue weighted by molar-refractivity contribution is 5.76. The van der Waals surface area contributed by atoms with Crippen LogP contribution >= 0.6 is 0 Å². The van der Waals surface area contributed by atoms with Crippen LogP contribution in [0, 0.1) is 12.7 Å². The molecular weight excluding hydrogens is 369 g/mol. The molecule has 2 aromatic carbocycles. The number of nitrogens with zero attached hydrogens (tertiary/aromatic N) is 2. The van der Waals surface area contributed by atoms with Crippen molar-refractivity contribution in [2.24, 2.45) is 0 Å². The zero-order valence-electron chi connectivity index (χ0n) is 16.8. The van der Waals surface area contributed by atoms with Crippen molar-refractivity contribution in [3.8, 4) is 11.3 Å². The van der Waals surface area contributed by atoms with Crippen molar-refractivity contribution in [3.63, 3.8) is 0 Å². The molecule has 0 aliphatic carbocycles. The van der Waals surface area contributed by atoms with Gasteiger partial charge in [0.1, 0.15) is 5.82 Å². The summed E-state index contributed by atoms with van der Waals surface area (Å²) in [6.45, 7) is 6.38. The first kappa shape index (κ1) is 20.6. The van der Waals surface area contributed by atoms with Crippen molar-refractivity contribution in [2.75, 3.05) is 24.5 Å². The third-order valence-corrected chi connectivity index (χ3v) is 4.82.